The number of aromatic nitrogens is 2. The topological polar surface area (TPSA) is 85.3 Å². The molecule has 0 fully saturated rings. The molecule has 0 aliphatic heterocycles. The minimum absolute atomic E-state index is 0.710. The molecule has 3 N–H and O–H groups in total. The van der Waals surface area contributed by atoms with Crippen LogP contribution in [0.2, 0.25) is 0 Å². The van der Waals surface area contributed by atoms with Gasteiger partial charge in [-0.25, -0.2) is 14.9 Å². The second-order valence-electron chi connectivity index (χ2n) is 5.31. The predicted octanol–water partition coefficient (Wildman–Crippen LogP) is 2.85. The molecule has 24 heavy (non-hydrogen) atoms. The second-order valence-corrected chi connectivity index (χ2v) is 5.31. The Kier molecular flexibility index (Phi) is 4.38. The number of aryl methyl sites for hydroxylation is 1. The van der Waals surface area contributed by atoms with E-state index in [2.05, 4.69) is 15.6 Å². The van der Waals surface area contributed by atoms with Crippen molar-refractivity contribution in [1.29, 1.82) is 0 Å². The minimum Gasteiger partial charge on any atom is -0.350 e. The van der Waals surface area contributed by atoms with Gasteiger partial charge in [-0.3, -0.25) is 0 Å². The summed E-state index contributed by atoms with van der Waals surface area (Å²) in [4.78, 5) is 10.8. The fourth-order valence-electron chi connectivity index (χ4n) is 2.30. The highest BCUT2D eigenvalue weighted by atomic mass is 16.2. The summed E-state index contributed by atoms with van der Waals surface area (Å²) >= 11 is 0. The Balaban J connectivity index is 2.04. The van der Waals surface area contributed by atoms with Crippen molar-refractivity contribution >= 4 is 12.2 Å². The molecule has 2 amide bonds. The molecule has 0 saturated heterocycles. The van der Waals surface area contributed by atoms with Crippen molar-refractivity contribution in [2.75, 3.05) is 0 Å². The number of carbonyl (C=O) groups is 1. The summed E-state index contributed by atoms with van der Waals surface area (Å²) in [6, 6.07) is 17.1. The fourth-order valence-corrected chi connectivity index (χ4v) is 2.30. The number of nitrogens with zero attached hydrogens (tertiary/aromatic N) is 3. The van der Waals surface area contributed by atoms with Gasteiger partial charge in [-0.1, -0.05) is 48.0 Å². The van der Waals surface area contributed by atoms with Crippen LogP contribution in [0.3, 0.4) is 0 Å². The number of urea groups is 1. The van der Waals surface area contributed by atoms with E-state index >= 15 is 0 Å². The Bertz CT molecular complexity index is 866. The van der Waals surface area contributed by atoms with Crippen LogP contribution >= 0.6 is 0 Å². The van der Waals surface area contributed by atoms with Crippen LogP contribution < -0.4 is 11.2 Å². The van der Waals surface area contributed by atoms with E-state index in [1.807, 2.05) is 67.7 Å². The van der Waals surface area contributed by atoms with Gasteiger partial charge in [0.25, 0.3) is 0 Å². The van der Waals surface area contributed by atoms with Crippen LogP contribution in [0.5, 0.6) is 0 Å². The van der Waals surface area contributed by atoms with Crippen molar-refractivity contribution in [3.05, 3.63) is 71.9 Å². The average Bonchev–Trinajstić information content (AvgIpc) is 3.00. The summed E-state index contributed by atoms with van der Waals surface area (Å²) in [6.45, 7) is 2.03. The van der Waals surface area contributed by atoms with Crippen molar-refractivity contribution in [2.24, 2.45) is 10.8 Å². The van der Waals surface area contributed by atoms with E-state index in [9.17, 15) is 4.79 Å². The van der Waals surface area contributed by atoms with Crippen LogP contribution in [0.15, 0.2) is 65.9 Å². The molecule has 1 heterocycles. The first-order valence-corrected chi connectivity index (χ1v) is 7.44. The molecule has 3 rings (SSSR count). The third kappa shape index (κ3) is 3.49. The maximum Gasteiger partial charge on any atom is 0.332 e. The Hall–Kier alpha value is -3.41. The van der Waals surface area contributed by atoms with Crippen LogP contribution in [-0.4, -0.2) is 22.0 Å². The van der Waals surface area contributed by atoms with Gasteiger partial charge in [0.1, 0.15) is 5.69 Å². The third-order valence-electron chi connectivity index (χ3n) is 3.47. The first-order chi connectivity index (χ1) is 11.6. The van der Waals surface area contributed by atoms with Crippen molar-refractivity contribution in [3.63, 3.8) is 0 Å². The molecule has 2 aromatic carbocycles. The molecule has 3 aromatic rings. The summed E-state index contributed by atoms with van der Waals surface area (Å²) in [5.41, 5.74) is 11.9. The van der Waals surface area contributed by atoms with E-state index < -0.39 is 6.03 Å². The number of carbonyl (C=O) groups excluding carboxylic acids is 1. The molecule has 0 radical (unpaired) electrons. The van der Waals surface area contributed by atoms with Crippen molar-refractivity contribution in [3.8, 4) is 16.9 Å². The van der Waals surface area contributed by atoms with Gasteiger partial charge in [0.15, 0.2) is 0 Å². The Morgan fingerprint density at radius 1 is 1.17 bits per heavy atom. The molecule has 0 aliphatic rings. The lowest BCUT2D eigenvalue weighted by molar-refractivity contribution is 0.249. The summed E-state index contributed by atoms with van der Waals surface area (Å²) in [5.74, 6) is 0. The maximum atomic E-state index is 10.8. The zero-order valence-corrected chi connectivity index (χ0v) is 13.2. The molecule has 0 atom stereocenters. The largest absolute Gasteiger partial charge is 0.350 e. The zero-order chi connectivity index (χ0) is 16.9. The highest BCUT2D eigenvalue weighted by molar-refractivity contribution is 5.89. The molecular weight excluding hydrogens is 302 g/mol. The molecule has 0 bridgehead atoms. The van der Waals surface area contributed by atoms with Crippen LogP contribution in [-0.2, 0) is 0 Å². The van der Waals surface area contributed by atoms with Gasteiger partial charge in [0.2, 0.25) is 0 Å². The number of hydrogen-bond acceptors (Lipinski definition) is 3. The fraction of sp³-hybridized carbons (Fsp3) is 0.0556. The van der Waals surface area contributed by atoms with E-state index in [-0.39, 0.29) is 0 Å². The van der Waals surface area contributed by atoms with Crippen molar-refractivity contribution in [2.45, 2.75) is 6.92 Å². The van der Waals surface area contributed by atoms with Gasteiger partial charge in [-0.15, -0.1) is 0 Å². The van der Waals surface area contributed by atoms with Gasteiger partial charge in [0, 0.05) is 17.3 Å². The molecule has 120 valence electrons. The lowest BCUT2D eigenvalue weighted by Crippen LogP contribution is -2.24. The highest BCUT2D eigenvalue weighted by Crippen LogP contribution is 2.23. The minimum atomic E-state index is -0.710. The molecule has 0 unspecified atom stereocenters. The van der Waals surface area contributed by atoms with Crippen LogP contribution in [0.25, 0.3) is 16.9 Å². The van der Waals surface area contributed by atoms with E-state index in [4.69, 9.17) is 5.73 Å². The van der Waals surface area contributed by atoms with E-state index in [0.717, 1.165) is 22.5 Å². The lowest BCUT2D eigenvalue weighted by atomic mass is 10.1. The lowest BCUT2D eigenvalue weighted by Gasteiger charge is -2.01. The van der Waals surface area contributed by atoms with Crippen LogP contribution in [0, 0.1) is 6.92 Å². The number of nitrogens with two attached hydrogens (primary N) is 1. The van der Waals surface area contributed by atoms with Crippen molar-refractivity contribution < 1.29 is 4.79 Å². The van der Waals surface area contributed by atoms with Gasteiger partial charge < -0.3 is 5.73 Å². The van der Waals surface area contributed by atoms with E-state index in [0.29, 0.717) is 0 Å². The number of nitrogens with one attached hydrogen (secondary N) is 1. The number of primary amides is 1. The Morgan fingerprint density at radius 3 is 2.54 bits per heavy atom. The average molecular weight is 319 g/mol. The first kappa shape index (κ1) is 15.5. The van der Waals surface area contributed by atoms with Crippen LogP contribution in [0.1, 0.15) is 11.1 Å². The summed E-state index contributed by atoms with van der Waals surface area (Å²) in [6.07, 6.45) is 3.39. The predicted molar refractivity (Wildman–Crippen MR) is 94.1 cm³/mol. The molecule has 6 nitrogen and oxygen atoms in total. The summed E-state index contributed by atoms with van der Waals surface area (Å²) in [7, 11) is 0. The number of hydrogen-bond donors (Lipinski definition) is 2. The quantitative estimate of drug-likeness (QED) is 0.572. The Labute approximate surface area is 139 Å². The van der Waals surface area contributed by atoms with Gasteiger partial charge in [-0.05, 0) is 19.1 Å². The number of para-hydroxylation sites is 1. The third-order valence-corrected chi connectivity index (χ3v) is 3.47. The molecule has 1 aromatic heterocycles. The summed E-state index contributed by atoms with van der Waals surface area (Å²) in [5, 5.41) is 8.51. The van der Waals surface area contributed by atoms with E-state index in [1.54, 1.807) is 4.68 Å². The van der Waals surface area contributed by atoms with Gasteiger partial charge in [0.05, 0.1) is 11.9 Å². The number of benzene rings is 2. The number of amides is 2. The number of rotatable bonds is 4. The monoisotopic (exact) mass is 319 g/mol. The molecule has 0 aliphatic carbocycles. The number of hydrazone groups is 1. The molecule has 0 spiro atoms. The van der Waals surface area contributed by atoms with Crippen molar-refractivity contribution in [1.82, 2.24) is 15.2 Å². The van der Waals surface area contributed by atoms with Gasteiger partial charge >= 0.3 is 6.03 Å². The Morgan fingerprint density at radius 2 is 1.88 bits per heavy atom. The van der Waals surface area contributed by atoms with Gasteiger partial charge in [-0.2, -0.15) is 10.2 Å². The SMILES string of the molecule is Cc1ccc(-c2nn(-c3ccccc3)cc2/C=N\NC(N)=O)cc1. The highest BCUT2D eigenvalue weighted by Gasteiger charge is 2.11. The molecule has 6 heteroatoms. The molecule has 0 saturated carbocycles. The van der Waals surface area contributed by atoms with E-state index in [1.165, 1.54) is 11.8 Å². The zero-order valence-electron chi connectivity index (χ0n) is 13.2. The van der Waals surface area contributed by atoms with Crippen LogP contribution in [0.4, 0.5) is 4.79 Å². The smallest absolute Gasteiger partial charge is 0.332 e. The summed E-state index contributed by atoms with van der Waals surface area (Å²) < 4.78 is 1.78. The maximum absolute atomic E-state index is 10.8. The molecular formula is C18H17N5O. The second kappa shape index (κ2) is 6.78. The normalized spacial score (nSPS) is 10.9. The first-order valence-electron chi connectivity index (χ1n) is 7.44. The standard InChI is InChI=1S/C18H17N5O/c1-13-7-9-14(10-8-13)17-15(11-20-21-18(19)24)12-23(22-17)16-5-3-2-4-6-16/h2-12H,1H3,(H3,19,21,24)/b20-11-.